The summed E-state index contributed by atoms with van der Waals surface area (Å²) in [4.78, 5) is 0. The van der Waals surface area contributed by atoms with E-state index in [1.165, 1.54) is 0 Å². The first-order valence-corrected chi connectivity index (χ1v) is 7.36. The minimum atomic E-state index is 0.170. The Morgan fingerprint density at radius 1 is 0.458 bits per heavy atom. The third-order valence-electron chi connectivity index (χ3n) is 3.72. The van der Waals surface area contributed by atoms with Crippen molar-refractivity contribution in [3.63, 3.8) is 0 Å². The number of hydrogen-bond acceptors (Lipinski definition) is 4. The van der Waals surface area contributed by atoms with Crippen LogP contribution in [0.1, 0.15) is 0 Å². The molecule has 0 saturated heterocycles. The molecule has 4 N–H and O–H groups in total. The summed E-state index contributed by atoms with van der Waals surface area (Å²) in [5.41, 5.74) is 0. The maximum Gasteiger partial charge on any atom is 0.123 e. The highest BCUT2D eigenvalue weighted by molar-refractivity contribution is 5.92. The van der Waals surface area contributed by atoms with E-state index in [1.807, 2.05) is 6.07 Å². The average Bonchev–Trinajstić information content (AvgIpc) is 2.58. The van der Waals surface area contributed by atoms with Gasteiger partial charge < -0.3 is 20.4 Å². The summed E-state index contributed by atoms with van der Waals surface area (Å²) in [7, 11) is 0. The van der Waals surface area contributed by atoms with Gasteiger partial charge in [-0.15, -0.1) is 0 Å². The van der Waals surface area contributed by atoms with Crippen LogP contribution in [-0.4, -0.2) is 20.4 Å². The molecule has 4 heteroatoms. The molecule has 4 nitrogen and oxygen atoms in total. The van der Waals surface area contributed by atoms with Crippen LogP contribution in [0.2, 0.25) is 0 Å². The van der Waals surface area contributed by atoms with Gasteiger partial charge in [-0.05, 0) is 35.7 Å². The molecule has 24 heavy (non-hydrogen) atoms. The van der Waals surface area contributed by atoms with Crippen molar-refractivity contribution in [2.24, 2.45) is 0 Å². The predicted octanol–water partition coefficient (Wildman–Crippen LogP) is 4.50. The third-order valence-corrected chi connectivity index (χ3v) is 3.72. The Morgan fingerprint density at radius 2 is 0.958 bits per heavy atom. The molecule has 0 fully saturated rings. The van der Waals surface area contributed by atoms with Gasteiger partial charge in [0.15, 0.2) is 0 Å². The van der Waals surface area contributed by atoms with Crippen molar-refractivity contribution in [2.45, 2.75) is 0 Å². The summed E-state index contributed by atoms with van der Waals surface area (Å²) in [5.74, 6) is 0.763. The van der Waals surface area contributed by atoms with Gasteiger partial charge in [0, 0.05) is 16.2 Å². The van der Waals surface area contributed by atoms with E-state index in [0.29, 0.717) is 16.2 Å². The first kappa shape index (κ1) is 15.5. The summed E-state index contributed by atoms with van der Waals surface area (Å²) in [6.07, 6.45) is 0. The van der Waals surface area contributed by atoms with Crippen LogP contribution in [0.4, 0.5) is 0 Å². The molecule has 0 amide bonds. The maximum atomic E-state index is 9.38. The second-order valence-electron chi connectivity index (χ2n) is 5.33. The van der Waals surface area contributed by atoms with Crippen molar-refractivity contribution in [3.8, 4) is 23.0 Å². The summed E-state index contributed by atoms with van der Waals surface area (Å²) >= 11 is 0. The van der Waals surface area contributed by atoms with Gasteiger partial charge in [-0.25, -0.2) is 0 Å². The van der Waals surface area contributed by atoms with Gasteiger partial charge in [-0.3, -0.25) is 0 Å². The fourth-order valence-corrected chi connectivity index (χ4v) is 2.52. The normalized spacial score (nSPS) is 10.3. The minimum Gasteiger partial charge on any atom is -0.508 e. The molecule has 0 atom stereocenters. The predicted molar refractivity (Wildman–Crippen MR) is 94.6 cm³/mol. The van der Waals surface area contributed by atoms with E-state index in [0.717, 1.165) is 5.39 Å². The molecule has 0 aliphatic rings. The van der Waals surface area contributed by atoms with E-state index in [-0.39, 0.29) is 23.0 Å². The summed E-state index contributed by atoms with van der Waals surface area (Å²) < 4.78 is 0. The second-order valence-corrected chi connectivity index (χ2v) is 5.33. The molecule has 0 spiro atoms. The Balaban J connectivity index is 0.000000141. The van der Waals surface area contributed by atoms with Gasteiger partial charge >= 0.3 is 0 Å². The molecule has 0 aliphatic carbocycles. The first-order chi connectivity index (χ1) is 11.6. The van der Waals surface area contributed by atoms with Crippen LogP contribution in [0, 0.1) is 0 Å². The van der Waals surface area contributed by atoms with Crippen LogP contribution in [0.5, 0.6) is 23.0 Å². The van der Waals surface area contributed by atoms with E-state index in [2.05, 4.69) is 0 Å². The smallest absolute Gasteiger partial charge is 0.123 e. The Labute approximate surface area is 138 Å². The molecular weight excluding hydrogens is 304 g/mol. The zero-order chi connectivity index (χ0) is 17.1. The molecule has 4 aromatic rings. The summed E-state index contributed by atoms with van der Waals surface area (Å²) in [6.45, 7) is 0. The molecule has 0 aromatic heterocycles. The lowest BCUT2D eigenvalue weighted by Crippen LogP contribution is -1.73. The molecule has 0 unspecified atom stereocenters. The number of hydrogen-bond donors (Lipinski definition) is 4. The van der Waals surface area contributed by atoms with E-state index in [9.17, 15) is 15.3 Å². The number of aromatic hydroxyl groups is 4. The van der Waals surface area contributed by atoms with E-state index in [1.54, 1.807) is 66.7 Å². The molecule has 0 saturated carbocycles. The lowest BCUT2D eigenvalue weighted by Gasteiger charge is -2.01. The molecule has 4 aromatic carbocycles. The standard InChI is InChI=1S/2C10H8O2/c11-9-5-1-3-7-8(9)4-2-6-10(7)12;11-8-5-4-7-2-1-3-10(12)9(7)6-8/h2*1-6,11-12H. The van der Waals surface area contributed by atoms with E-state index < -0.39 is 0 Å². The Bertz CT molecular complexity index is 951. The van der Waals surface area contributed by atoms with Crippen LogP contribution >= 0.6 is 0 Å². The number of phenolic OH excluding ortho intramolecular Hbond substituents is 4. The van der Waals surface area contributed by atoms with E-state index in [4.69, 9.17) is 5.11 Å². The zero-order valence-corrected chi connectivity index (χ0v) is 12.7. The van der Waals surface area contributed by atoms with Gasteiger partial charge in [-0.1, -0.05) is 42.5 Å². The van der Waals surface area contributed by atoms with Crippen molar-refractivity contribution < 1.29 is 20.4 Å². The topological polar surface area (TPSA) is 80.9 Å². The fourth-order valence-electron chi connectivity index (χ4n) is 2.52. The van der Waals surface area contributed by atoms with Crippen LogP contribution < -0.4 is 0 Å². The third kappa shape index (κ3) is 3.03. The summed E-state index contributed by atoms with van der Waals surface area (Å²) in [6, 6.07) is 20.3. The molecule has 0 bridgehead atoms. The average molecular weight is 320 g/mol. The van der Waals surface area contributed by atoms with Gasteiger partial charge in [0.05, 0.1) is 0 Å². The zero-order valence-electron chi connectivity index (χ0n) is 12.7. The van der Waals surface area contributed by atoms with Crippen molar-refractivity contribution >= 4 is 21.5 Å². The number of rotatable bonds is 0. The van der Waals surface area contributed by atoms with Crippen molar-refractivity contribution in [1.29, 1.82) is 0 Å². The Kier molecular flexibility index (Phi) is 4.12. The quantitative estimate of drug-likeness (QED) is 0.384. The highest BCUT2D eigenvalue weighted by Crippen LogP contribution is 2.30. The monoisotopic (exact) mass is 320 g/mol. The molecule has 0 heterocycles. The number of phenols is 4. The summed E-state index contributed by atoms with van der Waals surface area (Å²) in [5, 5.41) is 40.3. The van der Waals surface area contributed by atoms with E-state index >= 15 is 0 Å². The maximum absolute atomic E-state index is 9.38. The van der Waals surface area contributed by atoms with Crippen molar-refractivity contribution in [2.75, 3.05) is 0 Å². The highest BCUT2D eigenvalue weighted by atomic mass is 16.3. The van der Waals surface area contributed by atoms with Crippen LogP contribution in [0.3, 0.4) is 0 Å². The molecule has 0 aliphatic heterocycles. The van der Waals surface area contributed by atoms with Gasteiger partial charge in [0.25, 0.3) is 0 Å². The first-order valence-electron chi connectivity index (χ1n) is 7.36. The Hall–Kier alpha value is -3.40. The lowest BCUT2D eigenvalue weighted by molar-refractivity contribution is 0.471. The van der Waals surface area contributed by atoms with Gasteiger partial charge in [-0.2, -0.15) is 0 Å². The lowest BCUT2D eigenvalue weighted by atomic mass is 10.1. The molecule has 4 rings (SSSR count). The SMILES string of the molecule is Oc1ccc2cccc(O)c2c1.Oc1cccc2c(O)cccc12. The Morgan fingerprint density at radius 3 is 1.54 bits per heavy atom. The fraction of sp³-hybridized carbons (Fsp3) is 0. The van der Waals surface area contributed by atoms with Crippen molar-refractivity contribution in [1.82, 2.24) is 0 Å². The number of benzene rings is 4. The molecule has 120 valence electrons. The molecule has 0 radical (unpaired) electrons. The molecular formula is C20H16O4. The van der Waals surface area contributed by atoms with Crippen LogP contribution in [0.15, 0.2) is 72.8 Å². The largest absolute Gasteiger partial charge is 0.508 e. The highest BCUT2D eigenvalue weighted by Gasteiger charge is 2.01. The van der Waals surface area contributed by atoms with Gasteiger partial charge in [0.2, 0.25) is 0 Å². The van der Waals surface area contributed by atoms with Gasteiger partial charge in [0.1, 0.15) is 23.0 Å². The second kappa shape index (κ2) is 6.38. The number of fused-ring (bicyclic) bond motifs is 2. The van der Waals surface area contributed by atoms with Crippen LogP contribution in [-0.2, 0) is 0 Å². The minimum absolute atomic E-state index is 0.170. The van der Waals surface area contributed by atoms with Crippen molar-refractivity contribution in [3.05, 3.63) is 72.8 Å². The van der Waals surface area contributed by atoms with Crippen LogP contribution in [0.25, 0.3) is 21.5 Å².